The summed E-state index contributed by atoms with van der Waals surface area (Å²) in [5, 5.41) is 8.56. The van der Waals surface area contributed by atoms with E-state index in [2.05, 4.69) is 21.5 Å². The van der Waals surface area contributed by atoms with Gasteiger partial charge in [-0.1, -0.05) is 29.8 Å². The number of aryl methyl sites for hydroxylation is 1. The summed E-state index contributed by atoms with van der Waals surface area (Å²) in [6.07, 6.45) is 2.47. The van der Waals surface area contributed by atoms with Gasteiger partial charge in [-0.3, -0.25) is 0 Å². The van der Waals surface area contributed by atoms with Gasteiger partial charge in [0.25, 0.3) is 0 Å². The van der Waals surface area contributed by atoms with E-state index in [1.807, 2.05) is 25.1 Å². The Kier molecular flexibility index (Phi) is 4.16. The van der Waals surface area contributed by atoms with Gasteiger partial charge in [0.2, 0.25) is 5.95 Å². The van der Waals surface area contributed by atoms with Crippen LogP contribution in [-0.2, 0) is 0 Å². The zero-order valence-corrected chi connectivity index (χ0v) is 16.1. The summed E-state index contributed by atoms with van der Waals surface area (Å²) in [7, 11) is 0. The van der Waals surface area contributed by atoms with E-state index in [0.717, 1.165) is 23.4 Å². The van der Waals surface area contributed by atoms with Crippen molar-refractivity contribution in [1.82, 2.24) is 19.7 Å². The van der Waals surface area contributed by atoms with Crippen molar-refractivity contribution in [2.75, 3.05) is 17.6 Å². The molecule has 146 valence electrons. The molecule has 1 aliphatic rings. The van der Waals surface area contributed by atoms with Crippen LogP contribution < -0.4 is 11.1 Å². The zero-order chi connectivity index (χ0) is 20.0. The third kappa shape index (κ3) is 3.40. The Balaban J connectivity index is 1.70. The van der Waals surface area contributed by atoms with Crippen LogP contribution in [0.2, 0.25) is 0 Å². The first-order chi connectivity index (χ1) is 14.1. The van der Waals surface area contributed by atoms with Crippen LogP contribution in [0, 0.1) is 18.7 Å². The van der Waals surface area contributed by atoms with Gasteiger partial charge < -0.3 is 11.1 Å². The molecule has 7 heteroatoms. The lowest BCUT2D eigenvalue weighted by Gasteiger charge is -2.09. The molecular formula is C22H21FN6. The van der Waals surface area contributed by atoms with Crippen LogP contribution in [0.5, 0.6) is 0 Å². The van der Waals surface area contributed by atoms with E-state index < -0.39 is 0 Å². The van der Waals surface area contributed by atoms with Gasteiger partial charge in [0.1, 0.15) is 11.6 Å². The van der Waals surface area contributed by atoms with E-state index in [9.17, 15) is 4.39 Å². The lowest BCUT2D eigenvalue weighted by molar-refractivity contribution is 0.625. The fourth-order valence-corrected chi connectivity index (χ4v) is 3.45. The Hall–Kier alpha value is -3.48. The van der Waals surface area contributed by atoms with Crippen molar-refractivity contribution in [3.63, 3.8) is 0 Å². The summed E-state index contributed by atoms with van der Waals surface area (Å²) in [6, 6.07) is 14.3. The Morgan fingerprint density at radius 2 is 1.97 bits per heavy atom. The van der Waals surface area contributed by atoms with Gasteiger partial charge in [-0.2, -0.15) is 4.98 Å². The molecule has 0 atom stereocenters. The molecule has 2 heterocycles. The molecule has 0 aliphatic heterocycles. The summed E-state index contributed by atoms with van der Waals surface area (Å²) in [5.41, 5.74) is 10.3. The summed E-state index contributed by atoms with van der Waals surface area (Å²) in [6.45, 7) is 2.88. The molecule has 0 bridgehead atoms. The van der Waals surface area contributed by atoms with Crippen LogP contribution in [0.1, 0.15) is 18.4 Å². The smallest absolute Gasteiger partial charge is 0.225 e. The highest BCUT2D eigenvalue weighted by Crippen LogP contribution is 2.34. The molecule has 1 saturated carbocycles. The van der Waals surface area contributed by atoms with Crippen LogP contribution in [0.3, 0.4) is 0 Å². The van der Waals surface area contributed by atoms with Crippen LogP contribution in [-0.4, -0.2) is 26.3 Å². The molecule has 6 nitrogen and oxygen atoms in total. The molecule has 0 amide bonds. The van der Waals surface area contributed by atoms with E-state index in [0.29, 0.717) is 34.4 Å². The fourth-order valence-electron chi connectivity index (χ4n) is 3.45. The number of hydrogen-bond donors (Lipinski definition) is 2. The summed E-state index contributed by atoms with van der Waals surface area (Å²) >= 11 is 0. The van der Waals surface area contributed by atoms with Crippen LogP contribution >= 0.6 is 0 Å². The predicted molar refractivity (Wildman–Crippen MR) is 112 cm³/mol. The largest absolute Gasteiger partial charge is 0.383 e. The normalized spacial score (nSPS) is 13.7. The van der Waals surface area contributed by atoms with Crippen LogP contribution in [0.4, 0.5) is 16.2 Å². The molecule has 1 fully saturated rings. The highest BCUT2D eigenvalue weighted by atomic mass is 19.1. The number of rotatable bonds is 5. The maximum Gasteiger partial charge on any atom is 0.225 e. The average Bonchev–Trinajstić information content (AvgIpc) is 3.48. The molecule has 5 rings (SSSR count). The first kappa shape index (κ1) is 17.6. The van der Waals surface area contributed by atoms with Gasteiger partial charge in [-0.05, 0) is 49.9 Å². The van der Waals surface area contributed by atoms with Gasteiger partial charge in [0, 0.05) is 12.1 Å². The van der Waals surface area contributed by atoms with E-state index in [1.54, 1.807) is 12.1 Å². The van der Waals surface area contributed by atoms with Gasteiger partial charge in [-0.25, -0.2) is 14.1 Å². The Bertz CT molecular complexity index is 1210. The number of benzene rings is 2. The molecule has 2 aromatic carbocycles. The Morgan fingerprint density at radius 3 is 2.72 bits per heavy atom. The highest BCUT2D eigenvalue weighted by Gasteiger charge is 2.23. The van der Waals surface area contributed by atoms with E-state index >= 15 is 0 Å². The quantitative estimate of drug-likeness (QED) is 0.532. The second kappa shape index (κ2) is 6.84. The Morgan fingerprint density at radius 1 is 1.14 bits per heavy atom. The number of halogens is 1. The van der Waals surface area contributed by atoms with Crippen molar-refractivity contribution >= 4 is 22.8 Å². The van der Waals surface area contributed by atoms with Crippen molar-refractivity contribution in [3.05, 3.63) is 59.9 Å². The lowest BCUT2D eigenvalue weighted by Crippen LogP contribution is -2.07. The van der Waals surface area contributed by atoms with E-state index in [4.69, 9.17) is 10.7 Å². The minimum atomic E-state index is -0.349. The first-order valence-corrected chi connectivity index (χ1v) is 9.71. The Labute approximate surface area is 167 Å². The number of nitrogens with zero attached hydrogens (tertiary/aromatic N) is 4. The van der Waals surface area contributed by atoms with Gasteiger partial charge in [0.15, 0.2) is 5.65 Å². The minimum absolute atomic E-state index is 0.349. The summed E-state index contributed by atoms with van der Waals surface area (Å²) in [4.78, 5) is 9.35. The van der Waals surface area contributed by atoms with Crippen LogP contribution in [0.25, 0.3) is 28.0 Å². The molecule has 0 saturated heterocycles. The number of hydrogen-bond acceptors (Lipinski definition) is 5. The molecule has 0 radical (unpaired) electrons. The van der Waals surface area contributed by atoms with Crippen molar-refractivity contribution in [2.45, 2.75) is 19.8 Å². The highest BCUT2D eigenvalue weighted by molar-refractivity contribution is 5.99. The van der Waals surface area contributed by atoms with Crippen molar-refractivity contribution in [1.29, 1.82) is 0 Å². The molecule has 0 unspecified atom stereocenters. The second-order valence-corrected chi connectivity index (χ2v) is 7.57. The van der Waals surface area contributed by atoms with Gasteiger partial charge in [0.05, 0.1) is 16.8 Å². The SMILES string of the molecule is Cc1cccc(-c2nc(NCC3CC3)nc3nn(-c4cccc(F)c4)c(N)c23)c1. The maximum atomic E-state index is 13.8. The fraction of sp³-hybridized carbons (Fsp3) is 0.227. The first-order valence-electron chi connectivity index (χ1n) is 9.71. The summed E-state index contributed by atoms with van der Waals surface area (Å²) < 4.78 is 15.3. The standard InChI is InChI=1S/C22H21FN6/c1-13-4-2-5-15(10-13)19-18-20(24)29(17-7-3-6-16(23)11-17)28-21(18)27-22(26-19)25-12-14-8-9-14/h2-7,10-11,14H,8-9,12,24H2,1H3,(H,25,27,28). The lowest BCUT2D eigenvalue weighted by atomic mass is 10.1. The van der Waals surface area contributed by atoms with Crippen molar-refractivity contribution in [3.8, 4) is 16.9 Å². The number of fused-ring (bicyclic) bond motifs is 1. The summed E-state index contributed by atoms with van der Waals surface area (Å²) in [5.74, 6) is 1.26. The minimum Gasteiger partial charge on any atom is -0.383 e. The number of nitrogens with one attached hydrogen (secondary N) is 1. The molecule has 2 aromatic heterocycles. The number of aromatic nitrogens is 4. The topological polar surface area (TPSA) is 81.7 Å². The molecule has 29 heavy (non-hydrogen) atoms. The van der Waals surface area contributed by atoms with Crippen LogP contribution in [0.15, 0.2) is 48.5 Å². The van der Waals surface area contributed by atoms with Crippen molar-refractivity contribution in [2.24, 2.45) is 5.92 Å². The number of anilines is 2. The molecule has 3 N–H and O–H groups in total. The van der Waals surface area contributed by atoms with E-state index in [-0.39, 0.29) is 5.82 Å². The molecular weight excluding hydrogens is 367 g/mol. The second-order valence-electron chi connectivity index (χ2n) is 7.57. The maximum absolute atomic E-state index is 13.8. The number of nitrogens with two attached hydrogens (primary N) is 1. The van der Waals surface area contributed by atoms with Crippen molar-refractivity contribution < 1.29 is 4.39 Å². The molecule has 4 aromatic rings. The molecule has 0 spiro atoms. The van der Waals surface area contributed by atoms with Gasteiger partial charge >= 0.3 is 0 Å². The van der Waals surface area contributed by atoms with E-state index in [1.165, 1.54) is 29.7 Å². The average molecular weight is 388 g/mol. The third-order valence-corrected chi connectivity index (χ3v) is 5.16. The monoisotopic (exact) mass is 388 g/mol. The zero-order valence-electron chi connectivity index (χ0n) is 16.1. The number of nitrogen functional groups attached to an aromatic ring is 1. The predicted octanol–water partition coefficient (Wildman–Crippen LogP) is 4.33. The van der Waals surface area contributed by atoms with Gasteiger partial charge in [-0.15, -0.1) is 5.10 Å². The molecule has 1 aliphatic carbocycles. The third-order valence-electron chi connectivity index (χ3n) is 5.16.